The number of hydrogen-bond donors (Lipinski definition) is 2. The summed E-state index contributed by atoms with van der Waals surface area (Å²) in [7, 11) is 0. The SMILES string of the molecule is CC.CC.O=C(Nc1c(F)cccc1Cl)c1cc(F)c(-c2ccc3c(n2)CCNC3)cc1OCC(F)(F)F. The first-order chi connectivity index (χ1) is 18.1. The number of nitrogens with one attached hydrogen (secondary N) is 2. The summed E-state index contributed by atoms with van der Waals surface area (Å²) in [6, 6.07) is 8.65. The van der Waals surface area contributed by atoms with E-state index in [9.17, 15) is 22.4 Å². The molecule has 0 radical (unpaired) electrons. The molecule has 38 heavy (non-hydrogen) atoms. The van der Waals surface area contributed by atoms with E-state index in [0.29, 0.717) is 19.5 Å². The molecular formula is C27H29ClF5N3O2. The highest BCUT2D eigenvalue weighted by Gasteiger charge is 2.30. The molecule has 3 aromatic rings. The number of para-hydroxylation sites is 1. The Kier molecular flexibility index (Phi) is 11.5. The van der Waals surface area contributed by atoms with E-state index < -0.39 is 47.3 Å². The summed E-state index contributed by atoms with van der Waals surface area (Å²) in [5.41, 5.74) is 0.751. The number of rotatable bonds is 5. The summed E-state index contributed by atoms with van der Waals surface area (Å²) in [6.07, 6.45) is -4.11. The van der Waals surface area contributed by atoms with Gasteiger partial charge in [0.15, 0.2) is 6.61 Å². The number of ether oxygens (including phenoxy) is 1. The maximum absolute atomic E-state index is 15.1. The first-order valence-corrected chi connectivity index (χ1v) is 12.5. The van der Waals surface area contributed by atoms with E-state index in [-0.39, 0.29) is 16.3 Å². The van der Waals surface area contributed by atoms with Gasteiger partial charge in [-0.1, -0.05) is 51.4 Å². The van der Waals surface area contributed by atoms with E-state index in [1.165, 1.54) is 18.2 Å². The Morgan fingerprint density at radius 1 is 1.08 bits per heavy atom. The van der Waals surface area contributed by atoms with Crippen molar-refractivity contribution in [1.29, 1.82) is 0 Å². The molecule has 4 rings (SSSR count). The first kappa shape index (κ1) is 31.0. The molecule has 1 amide bonds. The van der Waals surface area contributed by atoms with Gasteiger partial charge in [-0.15, -0.1) is 0 Å². The fourth-order valence-corrected chi connectivity index (χ4v) is 3.70. The van der Waals surface area contributed by atoms with Gasteiger partial charge >= 0.3 is 6.18 Å². The molecule has 1 aliphatic heterocycles. The van der Waals surface area contributed by atoms with E-state index in [1.54, 1.807) is 6.07 Å². The third-order valence-electron chi connectivity index (χ3n) is 5.10. The van der Waals surface area contributed by atoms with Crippen molar-refractivity contribution in [2.24, 2.45) is 0 Å². The lowest BCUT2D eigenvalue weighted by atomic mass is 10.0. The summed E-state index contributed by atoms with van der Waals surface area (Å²) in [6.45, 7) is 7.56. The van der Waals surface area contributed by atoms with Crippen LogP contribution in [0.3, 0.4) is 0 Å². The average Bonchev–Trinajstić information content (AvgIpc) is 2.91. The van der Waals surface area contributed by atoms with Gasteiger partial charge in [0.05, 0.1) is 22.0 Å². The van der Waals surface area contributed by atoms with Gasteiger partial charge in [0.2, 0.25) is 0 Å². The van der Waals surface area contributed by atoms with E-state index in [0.717, 1.165) is 29.5 Å². The van der Waals surface area contributed by atoms with Crippen molar-refractivity contribution in [2.75, 3.05) is 18.5 Å². The molecule has 11 heteroatoms. The van der Waals surface area contributed by atoms with Gasteiger partial charge in [0.1, 0.15) is 17.4 Å². The number of nitrogens with zero attached hydrogens (tertiary/aromatic N) is 1. The van der Waals surface area contributed by atoms with Crippen LogP contribution in [0.4, 0.5) is 27.6 Å². The number of alkyl halides is 3. The number of carbonyl (C=O) groups excluding carboxylic acids is 1. The van der Waals surface area contributed by atoms with Crippen molar-refractivity contribution in [2.45, 2.75) is 46.8 Å². The lowest BCUT2D eigenvalue weighted by Crippen LogP contribution is -2.24. The summed E-state index contributed by atoms with van der Waals surface area (Å²) < 4.78 is 72.5. The summed E-state index contributed by atoms with van der Waals surface area (Å²) in [5, 5.41) is 5.20. The Labute approximate surface area is 223 Å². The Balaban J connectivity index is 0.00000121. The molecule has 2 heterocycles. The second kappa shape index (κ2) is 14.1. The molecule has 0 saturated carbocycles. The van der Waals surface area contributed by atoms with E-state index >= 15 is 4.39 Å². The van der Waals surface area contributed by atoms with Crippen LogP contribution in [-0.4, -0.2) is 30.2 Å². The van der Waals surface area contributed by atoms with Gasteiger partial charge in [-0.05, 0) is 35.9 Å². The molecule has 2 aromatic carbocycles. The van der Waals surface area contributed by atoms with Crippen LogP contribution < -0.4 is 15.4 Å². The lowest BCUT2D eigenvalue weighted by Gasteiger charge is -2.18. The smallest absolute Gasteiger partial charge is 0.422 e. The molecule has 1 aliphatic rings. The highest BCUT2D eigenvalue weighted by molar-refractivity contribution is 6.34. The molecule has 5 nitrogen and oxygen atoms in total. The van der Waals surface area contributed by atoms with Crippen molar-refractivity contribution in [3.05, 3.63) is 75.9 Å². The Morgan fingerprint density at radius 2 is 1.79 bits per heavy atom. The van der Waals surface area contributed by atoms with Crippen LogP contribution in [0.5, 0.6) is 5.75 Å². The second-order valence-corrected chi connectivity index (χ2v) is 7.92. The zero-order valence-electron chi connectivity index (χ0n) is 21.4. The molecule has 0 aliphatic carbocycles. The molecule has 2 N–H and O–H groups in total. The first-order valence-electron chi connectivity index (χ1n) is 12.1. The number of halogens is 6. The lowest BCUT2D eigenvalue weighted by molar-refractivity contribution is -0.153. The molecular weight excluding hydrogens is 529 g/mol. The maximum Gasteiger partial charge on any atom is 0.422 e. The number of carbonyl (C=O) groups is 1. The van der Waals surface area contributed by atoms with Crippen LogP contribution in [0.2, 0.25) is 5.02 Å². The van der Waals surface area contributed by atoms with Crippen LogP contribution in [0.25, 0.3) is 11.3 Å². The average molecular weight is 558 g/mol. The Bertz CT molecular complexity index is 1230. The number of amides is 1. The minimum absolute atomic E-state index is 0.140. The van der Waals surface area contributed by atoms with E-state index in [4.69, 9.17) is 16.3 Å². The minimum atomic E-state index is -4.71. The molecule has 1 aromatic heterocycles. The van der Waals surface area contributed by atoms with Gasteiger partial charge in [-0.3, -0.25) is 9.78 Å². The molecule has 206 valence electrons. The van der Waals surface area contributed by atoms with Gasteiger partial charge in [-0.25, -0.2) is 8.78 Å². The van der Waals surface area contributed by atoms with Crippen molar-refractivity contribution >= 4 is 23.2 Å². The standard InChI is InChI=1S/C23H17ClF5N3O2.2C2H6/c24-15-2-1-3-16(25)21(15)32-22(33)14-8-17(26)13(9-20(14)34-11-23(27,28)29)19-5-4-12-10-30-7-6-18(12)31-19;2*1-2/h1-5,8-9,30H,6-7,10-11H2,(H,32,33);2*1-2H3. The quantitative estimate of drug-likeness (QED) is 0.318. The Hall–Kier alpha value is -3.24. The van der Waals surface area contributed by atoms with Crippen LogP contribution >= 0.6 is 11.6 Å². The molecule has 0 saturated heterocycles. The van der Waals surface area contributed by atoms with Gasteiger partial charge in [0, 0.05) is 30.8 Å². The normalized spacial score (nSPS) is 12.3. The molecule has 0 spiro atoms. The summed E-state index contributed by atoms with van der Waals surface area (Å²) in [4.78, 5) is 17.2. The molecule has 0 bridgehead atoms. The third-order valence-corrected chi connectivity index (χ3v) is 5.42. The highest BCUT2D eigenvalue weighted by Crippen LogP contribution is 2.33. The van der Waals surface area contributed by atoms with E-state index in [2.05, 4.69) is 15.6 Å². The van der Waals surface area contributed by atoms with Crippen molar-refractivity contribution in [3.8, 4) is 17.0 Å². The third kappa shape index (κ3) is 7.88. The summed E-state index contributed by atoms with van der Waals surface area (Å²) in [5.74, 6) is -3.42. The Morgan fingerprint density at radius 3 is 2.45 bits per heavy atom. The van der Waals surface area contributed by atoms with Crippen molar-refractivity contribution in [1.82, 2.24) is 10.3 Å². The van der Waals surface area contributed by atoms with Gasteiger partial charge in [-0.2, -0.15) is 13.2 Å². The maximum atomic E-state index is 15.1. The predicted octanol–water partition coefficient (Wildman–Crippen LogP) is 7.57. The van der Waals surface area contributed by atoms with Gasteiger partial charge in [0.25, 0.3) is 5.91 Å². The van der Waals surface area contributed by atoms with Gasteiger partial charge < -0.3 is 15.4 Å². The van der Waals surface area contributed by atoms with Crippen LogP contribution in [-0.2, 0) is 13.0 Å². The zero-order valence-corrected chi connectivity index (χ0v) is 22.2. The number of benzene rings is 2. The largest absolute Gasteiger partial charge is 0.483 e. The second-order valence-electron chi connectivity index (χ2n) is 7.51. The number of anilines is 1. The number of hydrogen-bond acceptors (Lipinski definition) is 4. The van der Waals surface area contributed by atoms with Crippen molar-refractivity contribution in [3.63, 3.8) is 0 Å². The molecule has 0 atom stereocenters. The predicted molar refractivity (Wildman–Crippen MR) is 139 cm³/mol. The number of aromatic nitrogens is 1. The van der Waals surface area contributed by atoms with Crippen LogP contribution in [0.15, 0.2) is 42.5 Å². The molecule has 0 fully saturated rings. The monoisotopic (exact) mass is 557 g/mol. The van der Waals surface area contributed by atoms with Crippen molar-refractivity contribution < 1.29 is 31.5 Å². The highest BCUT2D eigenvalue weighted by atomic mass is 35.5. The minimum Gasteiger partial charge on any atom is -0.483 e. The molecule has 0 unspecified atom stereocenters. The van der Waals surface area contributed by atoms with Crippen LogP contribution in [0, 0.1) is 11.6 Å². The topological polar surface area (TPSA) is 63.2 Å². The zero-order chi connectivity index (χ0) is 28.5. The van der Waals surface area contributed by atoms with E-state index in [1.807, 2.05) is 27.7 Å². The summed E-state index contributed by atoms with van der Waals surface area (Å²) >= 11 is 5.89. The fourth-order valence-electron chi connectivity index (χ4n) is 3.49. The fraction of sp³-hybridized carbons (Fsp3) is 0.333. The van der Waals surface area contributed by atoms with Crippen LogP contribution in [0.1, 0.15) is 49.3 Å². The number of pyridine rings is 1. The number of fused-ring (bicyclic) bond motifs is 1.